The number of halogens is 4. The molecular weight excluding hydrogens is 1790 g/mol. The third kappa shape index (κ3) is 34.5. The van der Waals surface area contributed by atoms with Gasteiger partial charge in [-0.2, -0.15) is 16.8 Å². The molecule has 1 N–H and O–H groups in total. The molecule has 33 heteroatoms. The number of rotatable bonds is 40. The number of alkyl halides is 1. The monoisotopic (exact) mass is 1900 g/mol. The Balaban J connectivity index is 0.000000154. The number of hydrogen-bond acceptors (Lipinski definition) is 27. The number of likely N-dealkylation sites (N-methyl/N-ethyl adjacent to an activating group) is 1. The molecule has 6 aromatic heterocycles. The van der Waals surface area contributed by atoms with Gasteiger partial charge in [0.2, 0.25) is 0 Å². The van der Waals surface area contributed by atoms with Gasteiger partial charge in [0.15, 0.2) is 34.7 Å². The molecule has 3 aromatic carbocycles. The van der Waals surface area contributed by atoms with Gasteiger partial charge < -0.3 is 48.1 Å². The van der Waals surface area contributed by atoms with E-state index in [1.165, 1.54) is 56.0 Å². The van der Waals surface area contributed by atoms with Crippen molar-refractivity contribution in [3.63, 3.8) is 0 Å². The molecule has 17 rings (SSSR count). The molecule has 130 heavy (non-hydrogen) atoms. The number of nitrogens with one attached hydrogen (secondary N) is 1. The number of aromatic nitrogens is 3. The summed E-state index contributed by atoms with van der Waals surface area (Å²) in [6.45, 7) is 22.1. The molecule has 3 aliphatic carbocycles. The van der Waals surface area contributed by atoms with Gasteiger partial charge in [-0.15, -0.1) is 45.6 Å². The maximum Gasteiger partial charge on any atom is 0.335 e. The van der Waals surface area contributed by atoms with E-state index in [4.69, 9.17) is 57.9 Å². The Morgan fingerprint density at radius 1 is 0.492 bits per heavy atom. The molecule has 3 saturated carbocycles. The van der Waals surface area contributed by atoms with Crippen molar-refractivity contribution in [3.05, 3.63) is 177 Å². The molecule has 11 heterocycles. The third-order valence-corrected chi connectivity index (χ3v) is 27.2. The topological polar surface area (TPSA) is 266 Å². The van der Waals surface area contributed by atoms with Crippen LogP contribution in [-0.4, -0.2) is 246 Å². The van der Waals surface area contributed by atoms with E-state index in [9.17, 15) is 36.0 Å². The van der Waals surface area contributed by atoms with Crippen LogP contribution in [0.15, 0.2) is 128 Å². The number of ketones is 3. The van der Waals surface area contributed by atoms with Crippen LogP contribution in [-0.2, 0) is 83.2 Å². The molecular formula is C97H120ClF3N8O16S5. The molecule has 0 bridgehead atoms. The largest absolute Gasteiger partial charge is 0.453 e. The Bertz CT molecular complexity index is 5410. The zero-order chi connectivity index (χ0) is 91.4. The predicted octanol–water partition coefficient (Wildman–Crippen LogP) is 18.0. The number of morpholine rings is 2. The summed E-state index contributed by atoms with van der Waals surface area (Å²) >= 11 is 9.74. The quantitative estimate of drug-likeness (QED) is 0.0212. The number of thiophene rings is 3. The van der Waals surface area contributed by atoms with Crippen molar-refractivity contribution in [2.24, 2.45) is 17.8 Å². The summed E-state index contributed by atoms with van der Waals surface area (Å²) in [5.74, 6) is 3.93. The number of carbonyl (C=O) groups excluding carboxylic acids is 3. The van der Waals surface area contributed by atoms with E-state index in [0.29, 0.717) is 97.4 Å². The molecule has 0 spiro atoms. The van der Waals surface area contributed by atoms with Crippen LogP contribution in [0, 0.1) is 35.2 Å². The first-order valence-corrected chi connectivity index (χ1v) is 50.6. The van der Waals surface area contributed by atoms with E-state index in [1.54, 1.807) is 107 Å². The van der Waals surface area contributed by atoms with Gasteiger partial charge >= 0.3 is 11.6 Å². The Morgan fingerprint density at radius 3 is 1.23 bits per heavy atom. The molecule has 24 nitrogen and oxygen atoms in total. The van der Waals surface area contributed by atoms with Crippen LogP contribution in [0.25, 0.3) is 47.4 Å². The lowest BCUT2D eigenvalue weighted by molar-refractivity contribution is -0.119. The van der Waals surface area contributed by atoms with Crippen LogP contribution in [0.5, 0.6) is 34.5 Å². The zero-order valence-electron chi connectivity index (χ0n) is 74.5. The van der Waals surface area contributed by atoms with Crippen molar-refractivity contribution in [2.45, 2.75) is 122 Å². The number of fused-ring (bicyclic) bond motifs is 3. The lowest BCUT2D eigenvalue weighted by Gasteiger charge is -2.29. The number of benzene rings is 3. The Hall–Kier alpha value is -7.97. The van der Waals surface area contributed by atoms with E-state index in [2.05, 4.69) is 87.5 Å². The molecule has 0 amide bonds. The minimum atomic E-state index is -3.36. The van der Waals surface area contributed by atoms with Gasteiger partial charge in [-0.25, -0.2) is 13.2 Å². The van der Waals surface area contributed by atoms with Gasteiger partial charge in [0, 0.05) is 161 Å². The molecule has 5 fully saturated rings. The minimum absolute atomic E-state index is 0.0401. The van der Waals surface area contributed by atoms with Crippen LogP contribution in [0.1, 0.15) is 135 Å². The van der Waals surface area contributed by atoms with Gasteiger partial charge in [0.1, 0.15) is 34.6 Å². The number of hydrogen-bond donors (Lipinski definition) is 1. The predicted molar refractivity (Wildman–Crippen MR) is 508 cm³/mol. The van der Waals surface area contributed by atoms with E-state index in [-0.39, 0.29) is 67.1 Å². The van der Waals surface area contributed by atoms with Crippen molar-refractivity contribution in [2.75, 3.05) is 177 Å². The van der Waals surface area contributed by atoms with Crippen molar-refractivity contribution < 1.29 is 86.5 Å². The summed E-state index contributed by atoms with van der Waals surface area (Å²) in [5.41, 5.74) is 8.67. The summed E-state index contributed by atoms with van der Waals surface area (Å²) in [4.78, 5) is 63.1. The van der Waals surface area contributed by atoms with Crippen LogP contribution in [0.3, 0.4) is 0 Å². The number of pyridine rings is 3. The molecule has 702 valence electrons. The molecule has 5 aliphatic heterocycles. The zero-order valence-corrected chi connectivity index (χ0v) is 79.3. The lowest BCUT2D eigenvalue weighted by atomic mass is 10.0. The highest BCUT2D eigenvalue weighted by Crippen LogP contribution is 2.44. The van der Waals surface area contributed by atoms with Gasteiger partial charge in [-0.05, 0) is 216 Å². The maximum atomic E-state index is 14.9. The first-order valence-electron chi connectivity index (χ1n) is 45.2. The SMILES string of the molecule is CCCOCCOCCOCCOS(C)(=O)=O.CN1CC=C(c2cc3nccc(Oc4ccc(CC(=O)CC5CC5)cc4F)c3s2)CC1.ClCCCN1CCOCC1.O=C(Cc1ccc(Oc2ccnc3cc(C4=CCN(CCCN5CCOCC5)CC4)sc23)c(F)c1)CC1CC1.O=C(Cc1ccc(Oc2ccnc3cc(C4=CCNCC4)sc23)c(F)c1)CC1CC1.O=S=O. The van der Waals surface area contributed by atoms with Crippen LogP contribution >= 0.6 is 45.6 Å². The minimum Gasteiger partial charge on any atom is -0.453 e. The third-order valence-electron chi connectivity index (χ3n) is 22.7. The summed E-state index contributed by atoms with van der Waals surface area (Å²) in [5, 5.41) is 3.32. The Kier molecular flexibility index (Phi) is 41.3. The van der Waals surface area contributed by atoms with Crippen molar-refractivity contribution in [1.29, 1.82) is 0 Å². The first-order chi connectivity index (χ1) is 63.2. The standard InChI is InChI=1S/C31H36FN3O3S.C25H25FN2O2S.C24H23FN2O2S.C10H22O6S.C7H14ClNO.O2S/c32-26-20-23(19-25(36)18-22-2-3-22)4-5-28(26)38-29-6-9-33-27-21-30(39-31(27)29)24-7-12-34(13-8-24)10-1-11-35-14-16-37-17-15-35;1-28-10-7-18(8-11-28)24-15-21-25(31-24)23(6-9-27-21)30-22-5-4-17(14-20(22)26)13-19(29)12-16-2-3-16;25-19-13-16(12-18(28)11-15-1-2-15)3-4-21(19)29-22-7-10-27-20-14-23(30-24(20)22)17-5-8-26-9-6-17;1-3-4-13-5-6-14-7-8-15-9-10-16-17(2,11)12;8-2-1-3-9-4-6-10-7-5-9;1-3-2/h4-7,9,20-22H,1-3,8,10-19H2;4-7,9,14-16H,2-3,8,10-13H2,1H3;3-5,7,10,13-15,26H,1-2,6,8-9,11-12H2;3-10H2,1-2H3;1-7H2;. The highest BCUT2D eigenvalue weighted by molar-refractivity contribution is 7.86. The lowest BCUT2D eigenvalue weighted by Crippen LogP contribution is -2.38. The number of nitrogens with zero attached hydrogens (tertiary/aromatic N) is 7. The average molecular weight is 1910 g/mol. The fourth-order valence-corrected chi connectivity index (χ4v) is 19.1. The van der Waals surface area contributed by atoms with Gasteiger partial charge in [-0.3, -0.25) is 48.2 Å². The Labute approximate surface area is 781 Å². The van der Waals surface area contributed by atoms with E-state index >= 15 is 0 Å². The van der Waals surface area contributed by atoms with Gasteiger partial charge in [-0.1, -0.05) is 43.4 Å². The number of carbonyl (C=O) groups is 3. The van der Waals surface area contributed by atoms with Crippen LogP contribution in [0.4, 0.5) is 13.2 Å². The molecule has 8 aliphatic rings. The van der Waals surface area contributed by atoms with Crippen molar-refractivity contribution >= 4 is 132 Å². The summed E-state index contributed by atoms with van der Waals surface area (Å²) in [6.07, 6.45) is 28.7. The second-order valence-electron chi connectivity index (χ2n) is 33.5. The second-order valence-corrected chi connectivity index (χ2v) is 38.8. The Morgan fingerprint density at radius 2 is 0.877 bits per heavy atom. The molecule has 0 atom stereocenters. The van der Waals surface area contributed by atoms with Gasteiger partial charge in [0.05, 0.1) is 103 Å². The fraction of sp³-hybridized carbons (Fsp3) is 0.505. The highest BCUT2D eigenvalue weighted by atomic mass is 35.5. The molecule has 9 aromatic rings. The summed E-state index contributed by atoms with van der Waals surface area (Å²) in [6, 6.07) is 26.1. The van der Waals surface area contributed by atoms with Crippen molar-refractivity contribution in [1.82, 2.24) is 39.9 Å². The van der Waals surface area contributed by atoms with Crippen molar-refractivity contribution in [3.8, 4) is 34.5 Å². The van der Waals surface area contributed by atoms with E-state index in [0.717, 1.165) is 232 Å². The van der Waals surface area contributed by atoms with Crippen LogP contribution < -0.4 is 19.5 Å². The summed E-state index contributed by atoms with van der Waals surface area (Å²) < 4.78 is 133. The highest BCUT2D eigenvalue weighted by Gasteiger charge is 2.29. The molecule has 2 saturated heterocycles. The molecule has 0 radical (unpaired) electrons. The van der Waals surface area contributed by atoms with Crippen LogP contribution in [0.2, 0.25) is 0 Å². The second kappa shape index (κ2) is 53.2. The fourth-order valence-electron chi connectivity index (χ4n) is 15.2. The maximum absolute atomic E-state index is 14.9. The summed E-state index contributed by atoms with van der Waals surface area (Å²) in [7, 11) is -1.24. The normalized spacial score (nSPS) is 16.8. The first kappa shape index (κ1) is 101. The number of Topliss-reactive ketones (excluding diaryl/α,β-unsaturated/α-hetero) is 3. The smallest absolute Gasteiger partial charge is 0.335 e. The average Bonchev–Trinajstić information content (AvgIpc) is 1.66. The van der Waals surface area contributed by atoms with E-state index in [1.807, 2.05) is 6.92 Å². The molecule has 0 unspecified atom stereocenters. The van der Waals surface area contributed by atoms with Gasteiger partial charge in [0.25, 0.3) is 10.1 Å². The van der Waals surface area contributed by atoms with E-state index < -0.39 is 39.1 Å². The number of ether oxygens (including phenoxy) is 8.